The minimum Gasteiger partial charge on any atom is -0.353 e. The van der Waals surface area contributed by atoms with Crippen molar-refractivity contribution in [3.63, 3.8) is 0 Å². The maximum absolute atomic E-state index is 13.2. The zero-order valence-electron chi connectivity index (χ0n) is 19.6. The third-order valence-corrected chi connectivity index (χ3v) is 6.11. The number of benzene rings is 2. The van der Waals surface area contributed by atoms with Crippen LogP contribution in [0.5, 0.6) is 0 Å². The van der Waals surface area contributed by atoms with E-state index in [-0.39, 0.29) is 12.3 Å². The van der Waals surface area contributed by atoms with Gasteiger partial charge in [0.05, 0.1) is 5.56 Å². The number of rotatable bonds is 5. The molecule has 2 aromatic carbocycles. The SMILES string of the molecule is CCc1nc(C)nc(N2CCN(C(=O)c3ccc(F)cc3)CC2)c1Cc1cccc(C(F)(F)F)c1. The van der Waals surface area contributed by atoms with Gasteiger partial charge < -0.3 is 9.80 Å². The van der Waals surface area contributed by atoms with E-state index in [2.05, 4.69) is 14.9 Å². The summed E-state index contributed by atoms with van der Waals surface area (Å²) in [5.41, 5.74) is 1.88. The van der Waals surface area contributed by atoms with Gasteiger partial charge in [-0.2, -0.15) is 13.2 Å². The fraction of sp³-hybridized carbons (Fsp3) is 0.346. The number of hydrogen-bond donors (Lipinski definition) is 0. The van der Waals surface area contributed by atoms with Crippen molar-refractivity contribution >= 4 is 11.7 Å². The Morgan fingerprint density at radius 3 is 2.31 bits per heavy atom. The highest BCUT2D eigenvalue weighted by Crippen LogP contribution is 2.31. The van der Waals surface area contributed by atoms with Crippen molar-refractivity contribution in [2.75, 3.05) is 31.1 Å². The van der Waals surface area contributed by atoms with Gasteiger partial charge in [-0.3, -0.25) is 4.79 Å². The quantitative estimate of drug-likeness (QED) is 0.473. The second kappa shape index (κ2) is 10.0. The number of aromatic nitrogens is 2. The smallest absolute Gasteiger partial charge is 0.353 e. The number of carbonyl (C=O) groups excluding carboxylic acids is 1. The van der Waals surface area contributed by atoms with Crippen LogP contribution >= 0.6 is 0 Å². The molecule has 1 fully saturated rings. The van der Waals surface area contributed by atoms with Crippen molar-refractivity contribution in [2.45, 2.75) is 32.9 Å². The Hall–Kier alpha value is -3.49. The molecule has 0 atom stereocenters. The highest BCUT2D eigenvalue weighted by atomic mass is 19.4. The van der Waals surface area contributed by atoms with Crippen LogP contribution in [0.1, 0.15) is 45.5 Å². The number of halogens is 4. The lowest BCUT2D eigenvalue weighted by molar-refractivity contribution is -0.137. The summed E-state index contributed by atoms with van der Waals surface area (Å²) in [6.45, 7) is 5.68. The molecule has 9 heteroatoms. The number of amides is 1. The summed E-state index contributed by atoms with van der Waals surface area (Å²) >= 11 is 0. The zero-order chi connectivity index (χ0) is 25.2. The Bertz CT molecular complexity index is 1200. The van der Waals surface area contributed by atoms with E-state index in [0.717, 1.165) is 17.3 Å². The molecule has 35 heavy (non-hydrogen) atoms. The Balaban J connectivity index is 1.57. The third kappa shape index (κ3) is 5.61. The standard InChI is InChI=1S/C26H26F4N4O/c1-3-23-22(16-18-5-4-6-20(15-18)26(28,29)30)24(32-17(2)31-23)33-11-13-34(14-12-33)25(35)19-7-9-21(27)10-8-19/h4-10,15H,3,11-14,16H2,1-2H3. The van der Waals surface area contributed by atoms with Crippen LogP contribution in [0, 0.1) is 12.7 Å². The van der Waals surface area contributed by atoms with E-state index in [0.29, 0.717) is 55.4 Å². The van der Waals surface area contributed by atoms with E-state index in [1.54, 1.807) is 17.9 Å². The summed E-state index contributed by atoms with van der Waals surface area (Å²) in [4.78, 5) is 25.8. The molecule has 1 saturated heterocycles. The number of carbonyl (C=O) groups is 1. The molecule has 0 spiro atoms. The predicted octanol–water partition coefficient (Wildman–Crippen LogP) is 5.06. The first-order valence-corrected chi connectivity index (χ1v) is 11.5. The largest absolute Gasteiger partial charge is 0.416 e. The van der Waals surface area contributed by atoms with Crippen LogP contribution in [0.2, 0.25) is 0 Å². The molecule has 5 nitrogen and oxygen atoms in total. The van der Waals surface area contributed by atoms with E-state index in [4.69, 9.17) is 0 Å². The lowest BCUT2D eigenvalue weighted by Gasteiger charge is -2.36. The first-order valence-electron chi connectivity index (χ1n) is 11.5. The Morgan fingerprint density at radius 2 is 1.69 bits per heavy atom. The van der Waals surface area contributed by atoms with Crippen molar-refractivity contribution in [3.05, 3.63) is 88.1 Å². The maximum Gasteiger partial charge on any atom is 0.416 e. The van der Waals surface area contributed by atoms with Crippen LogP contribution in [0.3, 0.4) is 0 Å². The van der Waals surface area contributed by atoms with Crippen molar-refractivity contribution in [2.24, 2.45) is 0 Å². The molecule has 1 aromatic heterocycles. The molecule has 0 bridgehead atoms. The first-order chi connectivity index (χ1) is 16.7. The molecule has 3 aromatic rings. The highest BCUT2D eigenvalue weighted by Gasteiger charge is 2.31. The summed E-state index contributed by atoms with van der Waals surface area (Å²) in [5.74, 6) is 0.725. The van der Waals surface area contributed by atoms with Crippen LogP contribution in [-0.2, 0) is 19.0 Å². The highest BCUT2D eigenvalue weighted by molar-refractivity contribution is 5.94. The summed E-state index contributed by atoms with van der Waals surface area (Å²) < 4.78 is 52.9. The van der Waals surface area contributed by atoms with Crippen LogP contribution in [-0.4, -0.2) is 47.0 Å². The second-order valence-electron chi connectivity index (χ2n) is 8.53. The average Bonchev–Trinajstić information content (AvgIpc) is 2.84. The molecule has 184 valence electrons. The fourth-order valence-electron chi connectivity index (χ4n) is 4.33. The molecular weight excluding hydrogens is 460 g/mol. The van der Waals surface area contributed by atoms with Gasteiger partial charge in [-0.15, -0.1) is 0 Å². The van der Waals surface area contributed by atoms with Crippen LogP contribution in [0.4, 0.5) is 23.4 Å². The molecule has 0 aliphatic carbocycles. The van der Waals surface area contributed by atoms with Gasteiger partial charge in [0.2, 0.25) is 0 Å². The van der Waals surface area contributed by atoms with E-state index in [9.17, 15) is 22.4 Å². The Kier molecular flexibility index (Phi) is 7.05. The van der Waals surface area contributed by atoms with Gasteiger partial charge in [0.1, 0.15) is 17.5 Å². The number of aryl methyl sites for hydroxylation is 2. The van der Waals surface area contributed by atoms with Crippen LogP contribution in [0.25, 0.3) is 0 Å². The lowest BCUT2D eigenvalue weighted by Crippen LogP contribution is -2.49. The molecule has 0 saturated carbocycles. The average molecular weight is 487 g/mol. The van der Waals surface area contributed by atoms with Gasteiger partial charge in [-0.25, -0.2) is 14.4 Å². The van der Waals surface area contributed by atoms with Gasteiger partial charge in [0.15, 0.2) is 0 Å². The molecule has 1 amide bonds. The normalized spacial score (nSPS) is 14.3. The van der Waals surface area contributed by atoms with E-state index in [1.165, 1.54) is 36.4 Å². The lowest BCUT2D eigenvalue weighted by atomic mass is 10.00. The van der Waals surface area contributed by atoms with Gasteiger partial charge in [-0.1, -0.05) is 25.1 Å². The number of piperazine rings is 1. The third-order valence-electron chi connectivity index (χ3n) is 6.11. The molecule has 0 unspecified atom stereocenters. The maximum atomic E-state index is 13.2. The van der Waals surface area contributed by atoms with Crippen LogP contribution in [0.15, 0.2) is 48.5 Å². The number of anilines is 1. The van der Waals surface area contributed by atoms with Crippen molar-refractivity contribution in [3.8, 4) is 0 Å². The van der Waals surface area contributed by atoms with Crippen molar-refractivity contribution in [1.82, 2.24) is 14.9 Å². The molecule has 0 radical (unpaired) electrons. The van der Waals surface area contributed by atoms with E-state index in [1.807, 2.05) is 6.92 Å². The minimum absolute atomic E-state index is 0.165. The minimum atomic E-state index is -4.41. The van der Waals surface area contributed by atoms with E-state index < -0.39 is 17.6 Å². The van der Waals surface area contributed by atoms with Crippen LogP contribution < -0.4 is 4.90 Å². The Labute approximate surface area is 201 Å². The van der Waals surface area contributed by atoms with Gasteiger partial charge in [0, 0.05) is 49.4 Å². The summed E-state index contributed by atoms with van der Waals surface area (Å²) in [5, 5.41) is 0. The summed E-state index contributed by atoms with van der Waals surface area (Å²) in [6, 6.07) is 10.8. The molecule has 0 N–H and O–H groups in total. The van der Waals surface area contributed by atoms with Crippen molar-refractivity contribution in [1.29, 1.82) is 0 Å². The molecular formula is C26H26F4N4O. The molecule has 1 aliphatic rings. The molecule has 4 rings (SSSR count). The number of hydrogen-bond acceptors (Lipinski definition) is 4. The number of alkyl halides is 3. The van der Waals surface area contributed by atoms with Crippen molar-refractivity contribution < 1.29 is 22.4 Å². The summed E-state index contributed by atoms with van der Waals surface area (Å²) in [7, 11) is 0. The molecule has 1 aliphatic heterocycles. The van der Waals surface area contributed by atoms with E-state index >= 15 is 0 Å². The summed E-state index contributed by atoms with van der Waals surface area (Å²) in [6.07, 6.45) is -3.52. The van der Waals surface area contributed by atoms with Gasteiger partial charge in [0.25, 0.3) is 5.91 Å². The van der Waals surface area contributed by atoms with Gasteiger partial charge in [-0.05, 0) is 49.2 Å². The predicted molar refractivity (Wildman–Crippen MR) is 125 cm³/mol. The fourth-order valence-corrected chi connectivity index (χ4v) is 4.33. The Morgan fingerprint density at radius 1 is 1.00 bits per heavy atom. The monoisotopic (exact) mass is 486 g/mol. The topological polar surface area (TPSA) is 49.3 Å². The zero-order valence-corrected chi connectivity index (χ0v) is 19.6. The molecule has 2 heterocycles. The van der Waals surface area contributed by atoms with Gasteiger partial charge >= 0.3 is 6.18 Å². The number of nitrogens with zero attached hydrogens (tertiary/aromatic N) is 4. The first kappa shape index (κ1) is 24.6. The second-order valence-corrected chi connectivity index (χ2v) is 8.53.